The predicted octanol–water partition coefficient (Wildman–Crippen LogP) is 1.87. The van der Waals surface area contributed by atoms with Crippen molar-refractivity contribution < 1.29 is 4.79 Å². The highest BCUT2D eigenvalue weighted by atomic mass is 79.9. The second kappa shape index (κ2) is 5.32. The van der Waals surface area contributed by atoms with Crippen molar-refractivity contribution in [3.8, 4) is 0 Å². The lowest BCUT2D eigenvalue weighted by atomic mass is 10.2. The average molecular weight is 336 g/mol. The van der Waals surface area contributed by atoms with Gasteiger partial charge in [-0.25, -0.2) is 4.98 Å². The van der Waals surface area contributed by atoms with Crippen molar-refractivity contribution in [1.29, 1.82) is 0 Å². The van der Waals surface area contributed by atoms with Crippen LogP contribution in [0.1, 0.15) is 41.5 Å². The van der Waals surface area contributed by atoms with Gasteiger partial charge in [0, 0.05) is 23.6 Å². The smallest absolute Gasteiger partial charge is 0.271 e. The Morgan fingerprint density at radius 2 is 2.35 bits per heavy atom. The van der Waals surface area contributed by atoms with Crippen molar-refractivity contribution >= 4 is 21.8 Å². The summed E-state index contributed by atoms with van der Waals surface area (Å²) >= 11 is 3.33. The molecule has 1 unspecified atom stereocenters. The molecule has 7 heteroatoms. The van der Waals surface area contributed by atoms with Gasteiger partial charge < -0.3 is 9.88 Å². The van der Waals surface area contributed by atoms with Gasteiger partial charge >= 0.3 is 0 Å². The second-order valence-corrected chi connectivity index (χ2v) is 5.61. The average Bonchev–Trinajstić information content (AvgIpc) is 3.00. The predicted molar refractivity (Wildman–Crippen MR) is 76.2 cm³/mol. The molecular formula is C13H14BrN5O. The maximum absolute atomic E-state index is 12.2. The quantitative estimate of drug-likeness (QED) is 0.929. The molecule has 0 saturated heterocycles. The van der Waals surface area contributed by atoms with E-state index >= 15 is 0 Å². The summed E-state index contributed by atoms with van der Waals surface area (Å²) in [5.74, 6) is 1.58. The summed E-state index contributed by atoms with van der Waals surface area (Å²) in [6.07, 6.45) is 3.64. The molecule has 2 aromatic rings. The molecule has 0 aliphatic carbocycles. The highest BCUT2D eigenvalue weighted by molar-refractivity contribution is 9.10. The molecule has 0 spiro atoms. The van der Waals surface area contributed by atoms with Gasteiger partial charge in [0.25, 0.3) is 5.91 Å². The van der Waals surface area contributed by atoms with Gasteiger partial charge in [-0.3, -0.25) is 4.79 Å². The van der Waals surface area contributed by atoms with Crippen LogP contribution in [0.15, 0.2) is 22.8 Å². The zero-order valence-electron chi connectivity index (χ0n) is 11.0. The zero-order chi connectivity index (χ0) is 14.1. The fraction of sp³-hybridized carbons (Fsp3) is 0.385. The molecule has 1 amide bonds. The molecule has 1 atom stereocenters. The van der Waals surface area contributed by atoms with Gasteiger partial charge in [-0.1, -0.05) is 0 Å². The summed E-state index contributed by atoms with van der Waals surface area (Å²) in [4.78, 5) is 16.3. The molecule has 6 nitrogen and oxygen atoms in total. The van der Waals surface area contributed by atoms with Crippen LogP contribution in [0.4, 0.5) is 0 Å². The number of amides is 1. The van der Waals surface area contributed by atoms with Gasteiger partial charge in [-0.2, -0.15) is 0 Å². The fourth-order valence-corrected chi connectivity index (χ4v) is 2.81. The van der Waals surface area contributed by atoms with Crippen molar-refractivity contribution in [2.75, 3.05) is 0 Å². The molecule has 0 fully saturated rings. The van der Waals surface area contributed by atoms with Crippen LogP contribution in [0.2, 0.25) is 0 Å². The molecule has 1 aliphatic heterocycles. The molecule has 3 rings (SSSR count). The molecule has 0 radical (unpaired) electrons. The lowest BCUT2D eigenvalue weighted by molar-refractivity contribution is 0.0931. The third-order valence-electron chi connectivity index (χ3n) is 3.35. The van der Waals surface area contributed by atoms with Gasteiger partial charge in [0.1, 0.15) is 11.5 Å². The number of aryl methyl sites for hydroxylation is 1. The third-order valence-corrected chi connectivity index (χ3v) is 3.99. The summed E-state index contributed by atoms with van der Waals surface area (Å²) in [5.41, 5.74) is 0.375. The van der Waals surface area contributed by atoms with Crippen molar-refractivity contribution in [1.82, 2.24) is 25.1 Å². The summed E-state index contributed by atoms with van der Waals surface area (Å²) < 4.78 is 2.76. The Morgan fingerprint density at radius 1 is 1.50 bits per heavy atom. The first kappa shape index (κ1) is 13.2. The number of hydrogen-bond donors (Lipinski definition) is 1. The topological polar surface area (TPSA) is 72.7 Å². The summed E-state index contributed by atoms with van der Waals surface area (Å²) in [7, 11) is 0. The van der Waals surface area contributed by atoms with Crippen LogP contribution in [-0.2, 0) is 13.0 Å². The number of nitrogens with zero attached hydrogens (tertiary/aromatic N) is 4. The summed E-state index contributed by atoms with van der Waals surface area (Å²) in [5, 5.41) is 11.2. The van der Waals surface area contributed by atoms with E-state index in [0.717, 1.165) is 31.0 Å². The van der Waals surface area contributed by atoms with Crippen LogP contribution in [0.5, 0.6) is 0 Å². The van der Waals surface area contributed by atoms with E-state index in [1.54, 1.807) is 18.3 Å². The van der Waals surface area contributed by atoms with E-state index in [0.29, 0.717) is 10.2 Å². The molecule has 104 valence electrons. The van der Waals surface area contributed by atoms with Crippen LogP contribution in [-0.4, -0.2) is 25.7 Å². The Balaban J connectivity index is 1.77. The number of aromatic nitrogens is 4. The van der Waals surface area contributed by atoms with Crippen molar-refractivity contribution in [2.45, 2.75) is 32.4 Å². The van der Waals surface area contributed by atoms with Gasteiger partial charge in [-0.15, -0.1) is 10.2 Å². The van der Waals surface area contributed by atoms with E-state index in [2.05, 4.69) is 41.0 Å². The minimum absolute atomic E-state index is 0.198. The SMILES string of the molecule is CC(NC(=O)c1ncccc1Br)c1nnc2n1CCC2. The van der Waals surface area contributed by atoms with Crippen molar-refractivity contribution in [3.05, 3.63) is 40.1 Å². The Labute approximate surface area is 124 Å². The van der Waals surface area contributed by atoms with Gasteiger partial charge in [0.2, 0.25) is 0 Å². The summed E-state index contributed by atoms with van der Waals surface area (Å²) in [6.45, 7) is 2.83. The number of rotatable bonds is 3. The Kier molecular flexibility index (Phi) is 3.52. The van der Waals surface area contributed by atoms with Gasteiger partial charge in [-0.05, 0) is 41.4 Å². The molecule has 0 saturated carbocycles. The standard InChI is InChI=1S/C13H14BrN5O/c1-8(12-18-17-10-5-3-7-19(10)12)16-13(20)11-9(14)4-2-6-15-11/h2,4,6,8H,3,5,7H2,1H3,(H,16,20). The van der Waals surface area contributed by atoms with E-state index in [4.69, 9.17) is 0 Å². The first-order valence-electron chi connectivity index (χ1n) is 6.50. The monoisotopic (exact) mass is 335 g/mol. The minimum Gasteiger partial charge on any atom is -0.341 e. The summed E-state index contributed by atoms with van der Waals surface area (Å²) in [6, 6.07) is 3.37. The highest BCUT2D eigenvalue weighted by Crippen LogP contribution is 2.20. The normalized spacial score (nSPS) is 14.9. The van der Waals surface area contributed by atoms with Gasteiger partial charge in [0.05, 0.1) is 6.04 Å². The van der Waals surface area contributed by atoms with Crippen LogP contribution in [0.3, 0.4) is 0 Å². The third kappa shape index (κ3) is 2.33. The lowest BCUT2D eigenvalue weighted by Gasteiger charge is -2.14. The number of carbonyl (C=O) groups excluding carboxylic acids is 1. The number of nitrogens with one attached hydrogen (secondary N) is 1. The second-order valence-electron chi connectivity index (χ2n) is 4.76. The molecular weight excluding hydrogens is 322 g/mol. The van der Waals surface area contributed by atoms with Crippen LogP contribution in [0, 0.1) is 0 Å². The molecule has 1 aliphatic rings. The Bertz CT molecular complexity index is 654. The Morgan fingerprint density at radius 3 is 3.15 bits per heavy atom. The molecule has 0 aromatic carbocycles. The van der Waals surface area contributed by atoms with E-state index in [-0.39, 0.29) is 11.9 Å². The van der Waals surface area contributed by atoms with Crippen LogP contribution >= 0.6 is 15.9 Å². The number of pyridine rings is 1. The van der Waals surface area contributed by atoms with Gasteiger partial charge in [0.15, 0.2) is 5.82 Å². The molecule has 3 heterocycles. The molecule has 1 N–H and O–H groups in total. The minimum atomic E-state index is -0.222. The van der Waals surface area contributed by atoms with Crippen molar-refractivity contribution in [3.63, 3.8) is 0 Å². The molecule has 2 aromatic heterocycles. The molecule has 0 bridgehead atoms. The van der Waals surface area contributed by atoms with E-state index < -0.39 is 0 Å². The highest BCUT2D eigenvalue weighted by Gasteiger charge is 2.23. The first-order valence-corrected chi connectivity index (χ1v) is 7.29. The first-order chi connectivity index (χ1) is 9.66. The Hall–Kier alpha value is -1.76. The number of hydrogen-bond acceptors (Lipinski definition) is 4. The maximum atomic E-state index is 12.2. The van der Waals surface area contributed by atoms with Crippen molar-refractivity contribution in [2.24, 2.45) is 0 Å². The zero-order valence-corrected chi connectivity index (χ0v) is 12.6. The number of fused-ring (bicyclic) bond motifs is 1. The number of carbonyl (C=O) groups is 1. The largest absolute Gasteiger partial charge is 0.341 e. The van der Waals surface area contributed by atoms with E-state index in [1.807, 2.05) is 6.92 Å². The van der Waals surface area contributed by atoms with E-state index in [9.17, 15) is 4.79 Å². The number of halogens is 1. The van der Waals surface area contributed by atoms with E-state index in [1.165, 1.54) is 0 Å². The maximum Gasteiger partial charge on any atom is 0.271 e. The van der Waals surface area contributed by atoms with Crippen LogP contribution in [0.25, 0.3) is 0 Å². The molecule has 20 heavy (non-hydrogen) atoms. The fourth-order valence-electron chi connectivity index (χ4n) is 2.38. The lowest BCUT2D eigenvalue weighted by Crippen LogP contribution is -2.29. The van der Waals surface area contributed by atoms with Crippen LogP contribution < -0.4 is 5.32 Å².